The van der Waals surface area contributed by atoms with Crippen molar-refractivity contribution in [2.45, 2.75) is 0 Å². The molecule has 0 fully saturated rings. The van der Waals surface area contributed by atoms with Crippen LogP contribution in [0.4, 0.5) is 0 Å². The van der Waals surface area contributed by atoms with E-state index in [1.54, 1.807) is 6.07 Å². The zero-order valence-corrected chi connectivity index (χ0v) is 9.94. The molecule has 17 heavy (non-hydrogen) atoms. The number of carbonyl (C=O) groups excluding carboxylic acids is 1. The van der Waals surface area contributed by atoms with Gasteiger partial charge in [0.2, 0.25) is 0 Å². The third-order valence-electron chi connectivity index (χ3n) is 2.42. The topological polar surface area (TPSA) is 57.2 Å². The van der Waals surface area contributed by atoms with Crippen molar-refractivity contribution < 1.29 is 9.53 Å². The summed E-state index contributed by atoms with van der Waals surface area (Å²) in [6, 6.07) is 6.95. The molecule has 88 valence electrons. The Morgan fingerprint density at radius 3 is 2.53 bits per heavy atom. The van der Waals surface area contributed by atoms with Crippen LogP contribution in [0, 0.1) is 0 Å². The van der Waals surface area contributed by atoms with Crippen molar-refractivity contribution in [2.24, 2.45) is 5.73 Å². The number of nitrogens with two attached hydrogens (primary N) is 1. The minimum atomic E-state index is -0.567. The van der Waals surface area contributed by atoms with Gasteiger partial charge in [0.25, 0.3) is 5.91 Å². The number of nitrogens with zero attached hydrogens (tertiary/aromatic N) is 1. The summed E-state index contributed by atoms with van der Waals surface area (Å²) in [6.07, 6.45) is 3.70. The number of carbonyl (C=O) groups is 1. The SMILES string of the molecule is COc1cc(-n2cccc2)c(Cl)cc1C(N)=O. The number of primary amides is 1. The first-order chi connectivity index (χ1) is 8.13. The van der Waals surface area contributed by atoms with Crippen LogP contribution in [0.1, 0.15) is 10.4 Å². The Hall–Kier alpha value is -1.94. The van der Waals surface area contributed by atoms with Gasteiger partial charge in [-0.3, -0.25) is 4.79 Å². The molecule has 2 N–H and O–H groups in total. The Labute approximate surface area is 104 Å². The van der Waals surface area contributed by atoms with Crippen molar-refractivity contribution >= 4 is 17.5 Å². The average molecular weight is 251 g/mol. The lowest BCUT2D eigenvalue weighted by Gasteiger charge is -2.11. The standard InChI is InChI=1S/C12H11ClN2O2/c1-17-11-7-10(15-4-2-3-5-15)9(13)6-8(11)12(14)16/h2-7H,1H3,(H2,14,16). The molecule has 0 saturated heterocycles. The van der Waals surface area contributed by atoms with Crippen LogP contribution >= 0.6 is 11.6 Å². The second-order valence-electron chi connectivity index (χ2n) is 3.46. The van der Waals surface area contributed by atoms with Crippen molar-refractivity contribution in [1.29, 1.82) is 0 Å². The molecule has 0 aliphatic rings. The molecule has 2 rings (SSSR count). The van der Waals surface area contributed by atoms with Crippen molar-refractivity contribution in [2.75, 3.05) is 7.11 Å². The first-order valence-electron chi connectivity index (χ1n) is 4.94. The number of aromatic nitrogens is 1. The molecule has 2 aromatic rings. The molecular formula is C12H11ClN2O2. The van der Waals surface area contributed by atoms with Gasteiger partial charge in [0, 0.05) is 18.5 Å². The molecule has 0 spiro atoms. The summed E-state index contributed by atoms with van der Waals surface area (Å²) in [5.74, 6) is -0.159. The first kappa shape index (κ1) is 11.5. The highest BCUT2D eigenvalue weighted by atomic mass is 35.5. The van der Waals surface area contributed by atoms with Gasteiger partial charge in [-0.2, -0.15) is 0 Å². The Morgan fingerprint density at radius 2 is 2.00 bits per heavy atom. The molecule has 0 saturated carbocycles. The molecule has 0 bridgehead atoms. The molecular weight excluding hydrogens is 240 g/mol. The van der Waals surface area contributed by atoms with E-state index in [-0.39, 0.29) is 5.56 Å². The lowest BCUT2D eigenvalue weighted by molar-refractivity contribution is 0.0997. The maximum atomic E-state index is 11.2. The fourth-order valence-electron chi connectivity index (χ4n) is 1.60. The van der Waals surface area contributed by atoms with E-state index < -0.39 is 5.91 Å². The predicted octanol–water partition coefficient (Wildman–Crippen LogP) is 2.24. The zero-order chi connectivity index (χ0) is 12.4. The van der Waals surface area contributed by atoms with E-state index in [0.29, 0.717) is 10.8 Å². The minimum absolute atomic E-state index is 0.272. The lowest BCUT2D eigenvalue weighted by atomic mass is 10.1. The summed E-state index contributed by atoms with van der Waals surface area (Å²) in [6.45, 7) is 0. The second-order valence-corrected chi connectivity index (χ2v) is 3.87. The largest absolute Gasteiger partial charge is 0.496 e. The number of amides is 1. The van der Waals surface area contributed by atoms with Gasteiger partial charge in [-0.05, 0) is 18.2 Å². The second kappa shape index (κ2) is 4.51. The molecule has 0 atom stereocenters. The van der Waals surface area contributed by atoms with E-state index in [0.717, 1.165) is 5.69 Å². The Balaban J connectivity index is 2.60. The number of hydrogen-bond acceptors (Lipinski definition) is 2. The Bertz CT molecular complexity index is 550. The molecule has 1 aromatic carbocycles. The van der Waals surface area contributed by atoms with Crippen LogP contribution in [-0.4, -0.2) is 17.6 Å². The Morgan fingerprint density at radius 1 is 1.35 bits per heavy atom. The molecule has 1 amide bonds. The maximum Gasteiger partial charge on any atom is 0.252 e. The van der Waals surface area contributed by atoms with Gasteiger partial charge in [-0.25, -0.2) is 0 Å². The smallest absolute Gasteiger partial charge is 0.252 e. The molecule has 0 unspecified atom stereocenters. The fourth-order valence-corrected chi connectivity index (χ4v) is 1.86. The van der Waals surface area contributed by atoms with Gasteiger partial charge < -0.3 is 15.0 Å². The number of methoxy groups -OCH3 is 1. The highest BCUT2D eigenvalue weighted by molar-refractivity contribution is 6.33. The molecule has 0 aliphatic carbocycles. The van der Waals surface area contributed by atoms with E-state index in [1.165, 1.54) is 13.2 Å². The van der Waals surface area contributed by atoms with Crippen LogP contribution in [0.5, 0.6) is 5.75 Å². The number of rotatable bonds is 3. The van der Waals surface area contributed by atoms with E-state index in [4.69, 9.17) is 22.1 Å². The number of hydrogen-bond donors (Lipinski definition) is 1. The van der Waals surface area contributed by atoms with E-state index >= 15 is 0 Å². The minimum Gasteiger partial charge on any atom is -0.496 e. The Kier molecular flexibility index (Phi) is 3.06. The summed E-state index contributed by atoms with van der Waals surface area (Å²) < 4.78 is 6.96. The van der Waals surface area contributed by atoms with Gasteiger partial charge in [0.05, 0.1) is 23.4 Å². The van der Waals surface area contributed by atoms with Crippen LogP contribution in [0.3, 0.4) is 0 Å². The molecule has 0 aliphatic heterocycles. The van der Waals surface area contributed by atoms with E-state index in [1.807, 2.05) is 29.1 Å². The zero-order valence-electron chi connectivity index (χ0n) is 9.18. The van der Waals surface area contributed by atoms with Crippen LogP contribution in [0.15, 0.2) is 36.7 Å². The van der Waals surface area contributed by atoms with Crippen molar-refractivity contribution in [3.05, 3.63) is 47.2 Å². The number of halogens is 1. The van der Waals surface area contributed by atoms with E-state index in [2.05, 4.69) is 0 Å². The number of ether oxygens (including phenoxy) is 1. The van der Waals surface area contributed by atoms with Gasteiger partial charge in [0.15, 0.2) is 0 Å². The van der Waals surface area contributed by atoms with Crippen molar-refractivity contribution in [3.63, 3.8) is 0 Å². The first-order valence-corrected chi connectivity index (χ1v) is 5.32. The van der Waals surface area contributed by atoms with Crippen LogP contribution < -0.4 is 10.5 Å². The van der Waals surface area contributed by atoms with Gasteiger partial charge in [-0.15, -0.1) is 0 Å². The van der Waals surface area contributed by atoms with Crippen LogP contribution in [0.25, 0.3) is 5.69 Å². The van der Waals surface area contributed by atoms with E-state index in [9.17, 15) is 4.79 Å². The molecule has 4 nitrogen and oxygen atoms in total. The summed E-state index contributed by atoms with van der Waals surface area (Å²) in [5.41, 5.74) is 6.25. The molecule has 5 heteroatoms. The monoisotopic (exact) mass is 250 g/mol. The van der Waals surface area contributed by atoms with Gasteiger partial charge >= 0.3 is 0 Å². The highest BCUT2D eigenvalue weighted by Gasteiger charge is 2.13. The van der Waals surface area contributed by atoms with Gasteiger partial charge in [0.1, 0.15) is 5.75 Å². The van der Waals surface area contributed by atoms with Gasteiger partial charge in [-0.1, -0.05) is 11.6 Å². The number of benzene rings is 1. The van der Waals surface area contributed by atoms with Crippen molar-refractivity contribution in [1.82, 2.24) is 4.57 Å². The summed E-state index contributed by atoms with van der Waals surface area (Å²) >= 11 is 6.11. The predicted molar refractivity (Wildman–Crippen MR) is 65.8 cm³/mol. The molecule has 1 aromatic heterocycles. The average Bonchev–Trinajstić information content (AvgIpc) is 2.82. The summed E-state index contributed by atoms with van der Waals surface area (Å²) in [7, 11) is 1.48. The third kappa shape index (κ3) is 2.12. The third-order valence-corrected chi connectivity index (χ3v) is 2.72. The lowest BCUT2D eigenvalue weighted by Crippen LogP contribution is -2.13. The quantitative estimate of drug-likeness (QED) is 0.908. The van der Waals surface area contributed by atoms with Crippen molar-refractivity contribution in [3.8, 4) is 11.4 Å². The molecule has 1 heterocycles. The highest BCUT2D eigenvalue weighted by Crippen LogP contribution is 2.29. The van der Waals surface area contributed by atoms with Crippen LogP contribution in [-0.2, 0) is 0 Å². The fraction of sp³-hybridized carbons (Fsp3) is 0.0833. The summed E-state index contributed by atoms with van der Waals surface area (Å²) in [4.78, 5) is 11.2. The normalized spacial score (nSPS) is 10.2. The summed E-state index contributed by atoms with van der Waals surface area (Å²) in [5, 5.41) is 0.441. The molecule has 0 radical (unpaired) electrons. The maximum absolute atomic E-state index is 11.2. The van der Waals surface area contributed by atoms with Crippen LogP contribution in [0.2, 0.25) is 5.02 Å².